The van der Waals surface area contributed by atoms with Crippen LogP contribution in [0.5, 0.6) is 5.75 Å². The molecule has 1 atom stereocenters. The Balaban J connectivity index is 1.36. The Morgan fingerprint density at radius 3 is 2.68 bits per heavy atom. The molecule has 0 bridgehead atoms. The van der Waals surface area contributed by atoms with Crippen LogP contribution in [0.15, 0.2) is 66.9 Å². The number of carbonyl (C=O) groups is 2. The maximum absolute atomic E-state index is 12.4. The van der Waals surface area contributed by atoms with Gasteiger partial charge in [-0.05, 0) is 53.9 Å². The molecule has 0 spiro atoms. The van der Waals surface area contributed by atoms with Crippen LogP contribution in [-0.2, 0) is 16.2 Å². The molecule has 1 unspecified atom stereocenters. The first kappa shape index (κ1) is 19.3. The summed E-state index contributed by atoms with van der Waals surface area (Å²) in [5.41, 5.74) is 4.63. The van der Waals surface area contributed by atoms with E-state index in [-0.39, 0.29) is 17.7 Å². The van der Waals surface area contributed by atoms with Crippen LogP contribution >= 0.6 is 0 Å². The molecule has 0 saturated carbocycles. The van der Waals surface area contributed by atoms with Crippen LogP contribution in [0.25, 0.3) is 0 Å². The number of hydrogen-bond acceptors (Lipinski definition) is 4. The van der Waals surface area contributed by atoms with Crippen LogP contribution in [-0.4, -0.2) is 23.3 Å². The van der Waals surface area contributed by atoms with Crippen molar-refractivity contribution in [2.45, 2.75) is 31.8 Å². The maximum atomic E-state index is 12.4. The van der Waals surface area contributed by atoms with Crippen LogP contribution in [0.4, 0.5) is 11.4 Å². The Morgan fingerprint density at radius 1 is 1.06 bits per heavy atom. The summed E-state index contributed by atoms with van der Waals surface area (Å²) in [5, 5.41) is 2.98. The van der Waals surface area contributed by atoms with Crippen molar-refractivity contribution in [3.05, 3.63) is 83.7 Å². The van der Waals surface area contributed by atoms with E-state index in [0.29, 0.717) is 19.4 Å². The molecule has 31 heavy (non-hydrogen) atoms. The van der Waals surface area contributed by atoms with Crippen LogP contribution in [0.2, 0.25) is 0 Å². The second-order valence-corrected chi connectivity index (χ2v) is 7.90. The number of benzene rings is 2. The van der Waals surface area contributed by atoms with Gasteiger partial charge in [-0.15, -0.1) is 0 Å². The first-order valence-electron chi connectivity index (χ1n) is 10.5. The van der Waals surface area contributed by atoms with E-state index in [1.165, 1.54) is 0 Å². The van der Waals surface area contributed by atoms with Gasteiger partial charge in [0.2, 0.25) is 11.8 Å². The molecule has 1 fully saturated rings. The van der Waals surface area contributed by atoms with Gasteiger partial charge in [0.05, 0.1) is 5.69 Å². The highest BCUT2D eigenvalue weighted by Crippen LogP contribution is 2.39. The largest absolute Gasteiger partial charge is 0.487 e. The molecule has 1 aromatic heterocycles. The maximum Gasteiger partial charge on any atom is 0.227 e. The van der Waals surface area contributed by atoms with Gasteiger partial charge in [0.15, 0.2) is 0 Å². The molecule has 1 N–H and O–H groups in total. The summed E-state index contributed by atoms with van der Waals surface area (Å²) in [5.74, 6) is 0.854. The van der Waals surface area contributed by atoms with Gasteiger partial charge in [-0.25, -0.2) is 0 Å². The lowest BCUT2D eigenvalue weighted by Gasteiger charge is -2.28. The van der Waals surface area contributed by atoms with Crippen molar-refractivity contribution in [3.8, 4) is 5.75 Å². The molecule has 0 radical (unpaired) electrons. The second kappa shape index (κ2) is 8.22. The van der Waals surface area contributed by atoms with E-state index in [1.54, 1.807) is 11.1 Å². The van der Waals surface area contributed by atoms with Gasteiger partial charge in [-0.3, -0.25) is 14.6 Å². The molecule has 2 aliphatic heterocycles. The number of pyridine rings is 1. The van der Waals surface area contributed by atoms with Crippen molar-refractivity contribution in [1.82, 2.24) is 4.98 Å². The van der Waals surface area contributed by atoms with E-state index in [0.717, 1.165) is 46.9 Å². The van der Waals surface area contributed by atoms with E-state index in [9.17, 15) is 9.59 Å². The fourth-order valence-electron chi connectivity index (χ4n) is 4.28. The summed E-state index contributed by atoms with van der Waals surface area (Å²) < 4.78 is 5.83. The number of aromatic nitrogens is 1. The van der Waals surface area contributed by atoms with Crippen molar-refractivity contribution < 1.29 is 14.3 Å². The van der Waals surface area contributed by atoms with Crippen molar-refractivity contribution in [3.63, 3.8) is 0 Å². The summed E-state index contributed by atoms with van der Waals surface area (Å²) >= 11 is 0. The Morgan fingerprint density at radius 2 is 1.94 bits per heavy atom. The van der Waals surface area contributed by atoms with E-state index in [2.05, 4.69) is 10.3 Å². The number of rotatable bonds is 5. The molecule has 5 rings (SSSR count). The fraction of sp³-hybridized carbons (Fsp3) is 0.240. The monoisotopic (exact) mass is 413 g/mol. The number of anilines is 2. The molecule has 0 aliphatic carbocycles. The molecule has 6 nitrogen and oxygen atoms in total. The number of nitrogens with zero attached hydrogens (tertiary/aromatic N) is 2. The van der Waals surface area contributed by atoms with Crippen LogP contribution in [0.1, 0.15) is 42.0 Å². The third kappa shape index (κ3) is 4.01. The molecule has 2 amide bonds. The molecule has 1 saturated heterocycles. The predicted molar refractivity (Wildman–Crippen MR) is 118 cm³/mol. The Bertz CT molecular complexity index is 1110. The Hall–Kier alpha value is -3.67. The van der Waals surface area contributed by atoms with Gasteiger partial charge in [0, 0.05) is 42.9 Å². The molecule has 2 aromatic carbocycles. The number of hydrogen-bond donors (Lipinski definition) is 1. The minimum atomic E-state index is -0.0306. The topological polar surface area (TPSA) is 71.5 Å². The van der Waals surface area contributed by atoms with Crippen molar-refractivity contribution in [2.75, 3.05) is 16.8 Å². The molecule has 3 aromatic rings. The standard InChI is InChI=1S/C25H23N3O3/c29-24-15-22(17-6-9-20(10-7-17)31-16-18-4-1-2-12-26-18)21-11-8-19(14-23(21)27-24)28-13-3-5-25(28)30/h1-2,4,6-12,14,22H,3,5,13,15-16H2,(H,27,29). The number of fused-ring (bicyclic) bond motifs is 1. The highest BCUT2D eigenvalue weighted by Gasteiger charge is 2.28. The second-order valence-electron chi connectivity index (χ2n) is 7.90. The zero-order chi connectivity index (χ0) is 21.2. The van der Waals surface area contributed by atoms with Gasteiger partial charge in [-0.1, -0.05) is 24.3 Å². The minimum absolute atomic E-state index is 0.0159. The summed E-state index contributed by atoms with van der Waals surface area (Å²) in [6.07, 6.45) is 3.60. The van der Waals surface area contributed by atoms with E-state index in [4.69, 9.17) is 4.74 Å². The summed E-state index contributed by atoms with van der Waals surface area (Å²) in [6, 6.07) is 19.6. The summed E-state index contributed by atoms with van der Waals surface area (Å²) in [7, 11) is 0. The zero-order valence-corrected chi connectivity index (χ0v) is 17.1. The highest BCUT2D eigenvalue weighted by molar-refractivity contribution is 5.99. The summed E-state index contributed by atoms with van der Waals surface area (Å²) in [6.45, 7) is 1.14. The van der Waals surface area contributed by atoms with Crippen molar-refractivity contribution in [1.29, 1.82) is 0 Å². The Labute approximate surface area is 180 Å². The number of amides is 2. The van der Waals surface area contributed by atoms with Crippen LogP contribution < -0.4 is 15.0 Å². The smallest absolute Gasteiger partial charge is 0.227 e. The number of nitrogens with one attached hydrogen (secondary N) is 1. The predicted octanol–water partition coefficient (Wildman–Crippen LogP) is 4.26. The van der Waals surface area contributed by atoms with Crippen molar-refractivity contribution in [2.24, 2.45) is 0 Å². The van der Waals surface area contributed by atoms with E-state index >= 15 is 0 Å². The molecule has 156 valence electrons. The van der Waals surface area contributed by atoms with Crippen molar-refractivity contribution >= 4 is 23.2 Å². The third-order valence-electron chi connectivity index (χ3n) is 5.86. The number of ether oxygens (including phenoxy) is 1. The lowest BCUT2D eigenvalue weighted by Crippen LogP contribution is -2.26. The molecule has 3 heterocycles. The molecular weight excluding hydrogens is 390 g/mol. The summed E-state index contributed by atoms with van der Waals surface area (Å²) in [4.78, 5) is 30.6. The van der Waals surface area contributed by atoms with E-state index in [1.807, 2.05) is 60.7 Å². The first-order valence-corrected chi connectivity index (χ1v) is 10.5. The van der Waals surface area contributed by atoms with Crippen LogP contribution in [0, 0.1) is 0 Å². The highest BCUT2D eigenvalue weighted by atomic mass is 16.5. The quantitative estimate of drug-likeness (QED) is 0.678. The lowest BCUT2D eigenvalue weighted by molar-refractivity contribution is -0.117. The normalized spacial score (nSPS) is 17.9. The lowest BCUT2D eigenvalue weighted by atomic mass is 9.84. The molecule has 6 heteroatoms. The average Bonchev–Trinajstić information content (AvgIpc) is 3.23. The van der Waals surface area contributed by atoms with Gasteiger partial charge in [-0.2, -0.15) is 0 Å². The first-order chi connectivity index (χ1) is 15.2. The molecule has 2 aliphatic rings. The van der Waals surface area contributed by atoms with E-state index < -0.39 is 0 Å². The third-order valence-corrected chi connectivity index (χ3v) is 5.86. The van der Waals surface area contributed by atoms with Gasteiger partial charge in [0.1, 0.15) is 12.4 Å². The van der Waals surface area contributed by atoms with Gasteiger partial charge >= 0.3 is 0 Å². The SMILES string of the molecule is O=C1CC(c2ccc(OCc3ccccn3)cc2)c2ccc(N3CCCC3=O)cc2N1. The average molecular weight is 413 g/mol. The zero-order valence-electron chi connectivity index (χ0n) is 17.1. The fourth-order valence-corrected chi connectivity index (χ4v) is 4.28. The minimum Gasteiger partial charge on any atom is -0.487 e. The van der Waals surface area contributed by atoms with Crippen LogP contribution in [0.3, 0.4) is 0 Å². The molecular formula is C25H23N3O3. The van der Waals surface area contributed by atoms with Gasteiger partial charge in [0.25, 0.3) is 0 Å². The number of carbonyl (C=O) groups excluding carboxylic acids is 2. The van der Waals surface area contributed by atoms with Gasteiger partial charge < -0.3 is 15.0 Å². The Kier molecular flexibility index (Phi) is 5.12.